The van der Waals surface area contributed by atoms with E-state index in [1.54, 1.807) is 6.07 Å². The van der Waals surface area contributed by atoms with Gasteiger partial charge in [-0.05, 0) is 40.8 Å². The molecule has 0 radical (unpaired) electrons. The van der Waals surface area contributed by atoms with Gasteiger partial charge in [0.15, 0.2) is 0 Å². The third kappa shape index (κ3) is 5.21. The van der Waals surface area contributed by atoms with E-state index >= 15 is 0 Å². The van der Waals surface area contributed by atoms with Crippen molar-refractivity contribution < 1.29 is 13.6 Å². The second-order valence-electron chi connectivity index (χ2n) is 3.37. The molecular weight excluding hydrogens is 400 g/mol. The maximum absolute atomic E-state index is 12.8. The number of hydrogen-bond acceptors (Lipinski definition) is 2. The van der Waals surface area contributed by atoms with E-state index in [1.165, 1.54) is 12.1 Å². The number of benzene rings is 1. The van der Waals surface area contributed by atoms with Crippen LogP contribution in [-0.2, 0) is 0 Å². The number of carbonyl (C=O) groups is 1. The first kappa shape index (κ1) is 17.8. The van der Waals surface area contributed by atoms with Crippen molar-refractivity contribution >= 4 is 52.5 Å². The van der Waals surface area contributed by atoms with E-state index in [4.69, 9.17) is 17.3 Å². The maximum Gasteiger partial charge on any atom is 0.277 e. The highest BCUT2D eigenvalue weighted by atomic mass is 127. The molecule has 0 unspecified atom stereocenters. The van der Waals surface area contributed by atoms with E-state index in [0.717, 1.165) is 0 Å². The maximum atomic E-state index is 12.8. The number of hydrogen-bond donors (Lipinski definition) is 2. The Morgan fingerprint density at radius 2 is 2.11 bits per heavy atom. The van der Waals surface area contributed by atoms with Crippen molar-refractivity contribution in [2.24, 2.45) is 5.73 Å². The van der Waals surface area contributed by atoms with Gasteiger partial charge in [-0.1, -0.05) is 11.6 Å². The lowest BCUT2D eigenvalue weighted by Crippen LogP contribution is -2.41. The summed E-state index contributed by atoms with van der Waals surface area (Å²) >= 11 is 7.74. The third-order valence-corrected chi connectivity index (χ3v) is 3.53. The molecule has 1 rings (SSSR count). The van der Waals surface area contributed by atoms with Crippen LogP contribution in [0.4, 0.5) is 8.78 Å². The smallest absolute Gasteiger partial charge is 0.277 e. The summed E-state index contributed by atoms with van der Waals surface area (Å²) in [5, 5.41) is 2.63. The highest BCUT2D eigenvalue weighted by molar-refractivity contribution is 14.1. The van der Waals surface area contributed by atoms with Crippen LogP contribution in [0.1, 0.15) is 10.4 Å². The first-order valence-corrected chi connectivity index (χ1v) is 6.12. The number of nitrogens with one attached hydrogen (secondary N) is 1. The van der Waals surface area contributed by atoms with Gasteiger partial charge in [0.25, 0.3) is 11.8 Å². The van der Waals surface area contributed by atoms with E-state index in [1.807, 2.05) is 22.6 Å². The molecule has 8 heteroatoms. The van der Waals surface area contributed by atoms with E-state index in [2.05, 4.69) is 5.32 Å². The number of amides is 1. The Kier molecular flexibility index (Phi) is 7.34. The predicted molar refractivity (Wildman–Crippen MR) is 77.8 cm³/mol. The van der Waals surface area contributed by atoms with Crippen molar-refractivity contribution in [1.29, 1.82) is 0 Å². The molecule has 0 saturated carbocycles. The zero-order valence-electron chi connectivity index (χ0n) is 9.05. The van der Waals surface area contributed by atoms with Crippen molar-refractivity contribution in [1.82, 2.24) is 5.32 Å². The number of nitrogens with two attached hydrogens (primary N) is 1. The molecule has 1 aromatic carbocycles. The number of carbonyl (C=O) groups excluding carboxylic acids is 1. The van der Waals surface area contributed by atoms with Crippen LogP contribution in [0.3, 0.4) is 0 Å². The zero-order valence-corrected chi connectivity index (χ0v) is 12.8. The number of rotatable bonds is 4. The van der Waals surface area contributed by atoms with Crippen LogP contribution in [0.2, 0.25) is 5.02 Å². The summed E-state index contributed by atoms with van der Waals surface area (Å²) in [5.41, 5.74) is 5.14. The fourth-order valence-electron chi connectivity index (χ4n) is 1.02. The molecule has 0 atom stereocenters. The zero-order chi connectivity index (χ0) is 13.1. The molecule has 0 aliphatic rings. The summed E-state index contributed by atoms with van der Waals surface area (Å²) in [6.07, 6.45) is 0. The van der Waals surface area contributed by atoms with Crippen LogP contribution in [0.25, 0.3) is 0 Å². The third-order valence-electron chi connectivity index (χ3n) is 1.99. The molecule has 1 aromatic rings. The summed E-state index contributed by atoms with van der Waals surface area (Å²) in [6, 6.07) is 4.54. The lowest BCUT2D eigenvalue weighted by atomic mass is 10.2. The van der Waals surface area contributed by atoms with Gasteiger partial charge in [0, 0.05) is 9.13 Å². The normalized spacial score (nSPS) is 10.7. The monoisotopic (exact) mass is 410 g/mol. The van der Waals surface area contributed by atoms with Gasteiger partial charge in [0.1, 0.15) is 0 Å². The van der Waals surface area contributed by atoms with Gasteiger partial charge >= 0.3 is 0 Å². The van der Waals surface area contributed by atoms with Crippen molar-refractivity contribution in [3.63, 3.8) is 0 Å². The largest absolute Gasteiger partial charge is 0.346 e. The van der Waals surface area contributed by atoms with E-state index in [-0.39, 0.29) is 18.0 Å². The van der Waals surface area contributed by atoms with Gasteiger partial charge in [-0.3, -0.25) is 4.79 Å². The summed E-state index contributed by atoms with van der Waals surface area (Å²) in [4.78, 5) is 11.5. The lowest BCUT2D eigenvalue weighted by Gasteiger charge is -2.14. The van der Waals surface area contributed by atoms with Gasteiger partial charge in [0.05, 0.1) is 18.1 Å². The van der Waals surface area contributed by atoms with Crippen molar-refractivity contribution in [3.05, 3.63) is 32.4 Å². The molecule has 0 saturated heterocycles. The Hall–Kier alpha value is -0.180. The highest BCUT2D eigenvalue weighted by Gasteiger charge is 2.27. The molecule has 0 heterocycles. The molecule has 0 spiro atoms. The average Bonchev–Trinajstić information content (AvgIpc) is 2.30. The van der Waals surface area contributed by atoms with E-state index in [9.17, 15) is 13.6 Å². The first-order valence-electron chi connectivity index (χ1n) is 4.67. The molecule has 3 nitrogen and oxygen atoms in total. The quantitative estimate of drug-likeness (QED) is 0.750. The molecule has 3 N–H and O–H groups in total. The molecule has 0 aliphatic heterocycles. The van der Waals surface area contributed by atoms with Crippen LogP contribution >= 0.6 is 46.6 Å². The van der Waals surface area contributed by atoms with Crippen molar-refractivity contribution in [2.45, 2.75) is 5.92 Å². The van der Waals surface area contributed by atoms with Crippen molar-refractivity contribution in [2.75, 3.05) is 13.1 Å². The fourth-order valence-corrected chi connectivity index (χ4v) is 1.65. The van der Waals surface area contributed by atoms with E-state index in [0.29, 0.717) is 8.59 Å². The molecule has 0 fully saturated rings. The van der Waals surface area contributed by atoms with Crippen LogP contribution in [0.5, 0.6) is 0 Å². The minimum Gasteiger partial charge on any atom is -0.346 e. The molecule has 102 valence electrons. The lowest BCUT2D eigenvalue weighted by molar-refractivity contribution is 0.0118. The second kappa shape index (κ2) is 7.42. The Morgan fingerprint density at radius 3 is 2.61 bits per heavy atom. The van der Waals surface area contributed by atoms with Crippen LogP contribution in [0.15, 0.2) is 18.2 Å². The Labute approximate surface area is 128 Å². The molecule has 0 aromatic heterocycles. The second-order valence-corrected chi connectivity index (χ2v) is 4.94. The summed E-state index contributed by atoms with van der Waals surface area (Å²) in [5.74, 6) is -3.66. The average molecular weight is 411 g/mol. The predicted octanol–water partition coefficient (Wildman–Crippen LogP) is 2.69. The summed E-state index contributed by atoms with van der Waals surface area (Å²) < 4.78 is 26.3. The van der Waals surface area contributed by atoms with Crippen LogP contribution in [0, 0.1) is 3.57 Å². The Bertz CT molecular complexity index is 432. The topological polar surface area (TPSA) is 55.1 Å². The van der Waals surface area contributed by atoms with Gasteiger partial charge in [0.2, 0.25) is 0 Å². The molecule has 18 heavy (non-hydrogen) atoms. The van der Waals surface area contributed by atoms with Crippen LogP contribution < -0.4 is 11.1 Å². The molecular formula is C10H11Cl2F2IN2O. The Balaban J connectivity index is 0.00000289. The fraction of sp³-hybridized carbons (Fsp3) is 0.300. The Morgan fingerprint density at radius 1 is 1.50 bits per heavy atom. The SMILES string of the molecule is Cl.NCC(F)(F)CNC(=O)c1ccc(Cl)c(I)c1. The summed E-state index contributed by atoms with van der Waals surface area (Å²) in [6.45, 7) is -1.58. The summed E-state index contributed by atoms with van der Waals surface area (Å²) in [7, 11) is 0. The number of alkyl halides is 2. The number of halogens is 5. The standard InChI is InChI=1S/C10H10ClF2IN2O.ClH/c11-7-2-1-6(3-8(7)14)9(17)16-5-10(12,13)4-15;/h1-3H,4-5,15H2,(H,16,17);1H. The minimum absolute atomic E-state index is 0. The van der Waals surface area contributed by atoms with Gasteiger partial charge in [-0.25, -0.2) is 8.78 Å². The van der Waals surface area contributed by atoms with Crippen LogP contribution in [-0.4, -0.2) is 24.9 Å². The van der Waals surface area contributed by atoms with Crippen molar-refractivity contribution in [3.8, 4) is 0 Å². The van der Waals surface area contributed by atoms with E-state index < -0.39 is 24.9 Å². The molecule has 1 amide bonds. The molecule has 0 bridgehead atoms. The highest BCUT2D eigenvalue weighted by Crippen LogP contribution is 2.19. The van der Waals surface area contributed by atoms with Gasteiger partial charge in [-0.2, -0.15) is 0 Å². The minimum atomic E-state index is -3.09. The van der Waals surface area contributed by atoms with Gasteiger partial charge in [-0.15, -0.1) is 12.4 Å². The van der Waals surface area contributed by atoms with Gasteiger partial charge < -0.3 is 11.1 Å². The first-order chi connectivity index (χ1) is 7.85. The molecule has 0 aliphatic carbocycles.